The minimum atomic E-state index is 0.287. The molecule has 0 spiro atoms. The fourth-order valence-corrected chi connectivity index (χ4v) is 1.28. The fraction of sp³-hybridized carbons (Fsp3) is 0.500. The first-order valence-corrected chi connectivity index (χ1v) is 4.54. The Morgan fingerprint density at radius 2 is 1.92 bits per heavy atom. The summed E-state index contributed by atoms with van der Waals surface area (Å²) in [6.07, 6.45) is 9.99. The van der Waals surface area contributed by atoms with Crippen molar-refractivity contribution in [2.24, 2.45) is 5.41 Å². The molecule has 0 saturated carbocycles. The largest absolute Gasteiger partial charge is 0.0767 e. The highest BCUT2D eigenvalue weighted by molar-refractivity contribution is 5.32. The molecule has 0 saturated heterocycles. The number of hydrogen-bond donors (Lipinski definition) is 0. The molecule has 0 fully saturated rings. The van der Waals surface area contributed by atoms with Crippen molar-refractivity contribution >= 4 is 0 Å². The van der Waals surface area contributed by atoms with Gasteiger partial charge < -0.3 is 0 Å². The molecule has 1 aliphatic carbocycles. The lowest BCUT2D eigenvalue weighted by Gasteiger charge is -2.19. The van der Waals surface area contributed by atoms with Gasteiger partial charge in [-0.3, -0.25) is 0 Å². The van der Waals surface area contributed by atoms with E-state index in [1.54, 1.807) is 0 Å². The highest BCUT2D eigenvalue weighted by atomic mass is 14.2. The zero-order valence-electron chi connectivity index (χ0n) is 8.52. The fourth-order valence-electron chi connectivity index (χ4n) is 1.28. The molecule has 0 heterocycles. The molecular formula is C12H18. The van der Waals surface area contributed by atoms with Crippen molar-refractivity contribution in [1.29, 1.82) is 0 Å². The Bertz CT molecular complexity index is 244. The summed E-state index contributed by atoms with van der Waals surface area (Å²) in [5.74, 6) is 0. The third-order valence-corrected chi connectivity index (χ3v) is 2.17. The molecular weight excluding hydrogens is 144 g/mol. The zero-order valence-corrected chi connectivity index (χ0v) is 8.52. The van der Waals surface area contributed by atoms with Crippen LogP contribution < -0.4 is 0 Å². The quantitative estimate of drug-likeness (QED) is 0.507. The number of allylic oxidation sites excluding steroid dienone is 6. The third kappa shape index (κ3) is 2.37. The van der Waals surface area contributed by atoms with Gasteiger partial charge in [0.05, 0.1) is 0 Å². The van der Waals surface area contributed by atoms with Crippen molar-refractivity contribution in [1.82, 2.24) is 0 Å². The molecule has 0 N–H and O–H groups in total. The van der Waals surface area contributed by atoms with Gasteiger partial charge in [-0.1, -0.05) is 50.6 Å². The van der Waals surface area contributed by atoms with E-state index in [0.717, 1.165) is 6.42 Å². The van der Waals surface area contributed by atoms with E-state index in [1.165, 1.54) is 11.1 Å². The normalized spacial score (nSPS) is 18.3. The molecule has 1 aliphatic rings. The van der Waals surface area contributed by atoms with Crippen molar-refractivity contribution in [3.8, 4) is 0 Å². The van der Waals surface area contributed by atoms with Crippen LogP contribution in [0.5, 0.6) is 0 Å². The molecule has 0 heteroatoms. The Morgan fingerprint density at radius 3 is 2.50 bits per heavy atom. The SMILES string of the molecule is CC1=CC=CC(C(C)(C)C)=CC1. The van der Waals surface area contributed by atoms with Crippen molar-refractivity contribution < 1.29 is 0 Å². The van der Waals surface area contributed by atoms with Gasteiger partial charge in [0.15, 0.2) is 0 Å². The maximum atomic E-state index is 2.33. The molecule has 66 valence electrons. The van der Waals surface area contributed by atoms with Crippen LogP contribution in [-0.2, 0) is 0 Å². The van der Waals surface area contributed by atoms with E-state index in [2.05, 4.69) is 52.0 Å². The molecule has 0 amide bonds. The molecule has 0 atom stereocenters. The van der Waals surface area contributed by atoms with Gasteiger partial charge in [0.2, 0.25) is 0 Å². The van der Waals surface area contributed by atoms with E-state index in [-0.39, 0.29) is 5.41 Å². The summed E-state index contributed by atoms with van der Waals surface area (Å²) in [5.41, 5.74) is 3.16. The van der Waals surface area contributed by atoms with Crippen molar-refractivity contribution in [2.45, 2.75) is 34.1 Å². The maximum Gasteiger partial charge on any atom is -0.0132 e. The first kappa shape index (κ1) is 9.31. The molecule has 12 heavy (non-hydrogen) atoms. The second-order valence-electron chi connectivity index (χ2n) is 4.49. The molecule has 0 nitrogen and oxygen atoms in total. The van der Waals surface area contributed by atoms with Crippen LogP contribution in [0.2, 0.25) is 0 Å². The van der Waals surface area contributed by atoms with Crippen molar-refractivity contribution in [2.75, 3.05) is 0 Å². The predicted molar refractivity (Wildman–Crippen MR) is 55.1 cm³/mol. The lowest BCUT2D eigenvalue weighted by Crippen LogP contribution is -2.07. The van der Waals surface area contributed by atoms with Gasteiger partial charge >= 0.3 is 0 Å². The summed E-state index contributed by atoms with van der Waals surface area (Å²) in [5, 5.41) is 0. The van der Waals surface area contributed by atoms with Crippen LogP contribution in [0.25, 0.3) is 0 Å². The average molecular weight is 162 g/mol. The third-order valence-electron chi connectivity index (χ3n) is 2.17. The Hall–Kier alpha value is -0.780. The molecule has 0 aromatic rings. The molecule has 0 unspecified atom stereocenters. The first-order valence-electron chi connectivity index (χ1n) is 4.54. The predicted octanol–water partition coefficient (Wildman–Crippen LogP) is 3.87. The molecule has 0 radical (unpaired) electrons. The second kappa shape index (κ2) is 3.30. The summed E-state index contributed by atoms with van der Waals surface area (Å²) < 4.78 is 0. The molecule has 0 aromatic carbocycles. The van der Waals surface area contributed by atoms with E-state index in [1.807, 2.05) is 0 Å². The number of hydrogen-bond acceptors (Lipinski definition) is 0. The zero-order chi connectivity index (χ0) is 9.19. The molecule has 0 aromatic heterocycles. The Balaban J connectivity index is 2.85. The van der Waals surface area contributed by atoms with Gasteiger partial charge in [-0.15, -0.1) is 0 Å². The topological polar surface area (TPSA) is 0 Å². The van der Waals surface area contributed by atoms with Crippen LogP contribution in [-0.4, -0.2) is 0 Å². The molecule has 0 bridgehead atoms. The minimum Gasteiger partial charge on any atom is -0.0767 e. The van der Waals surface area contributed by atoms with Crippen molar-refractivity contribution in [3.63, 3.8) is 0 Å². The van der Waals surface area contributed by atoms with Gasteiger partial charge in [-0.25, -0.2) is 0 Å². The van der Waals surface area contributed by atoms with E-state index in [4.69, 9.17) is 0 Å². The minimum absolute atomic E-state index is 0.287. The summed E-state index contributed by atoms with van der Waals surface area (Å²) in [6, 6.07) is 0. The Morgan fingerprint density at radius 1 is 1.25 bits per heavy atom. The Kier molecular flexibility index (Phi) is 2.56. The lowest BCUT2D eigenvalue weighted by molar-refractivity contribution is 0.515. The van der Waals surface area contributed by atoms with Gasteiger partial charge in [0, 0.05) is 0 Å². The summed E-state index contributed by atoms with van der Waals surface area (Å²) in [4.78, 5) is 0. The van der Waals surface area contributed by atoms with Gasteiger partial charge in [0.1, 0.15) is 0 Å². The first-order chi connectivity index (χ1) is 5.50. The van der Waals surface area contributed by atoms with Gasteiger partial charge in [-0.2, -0.15) is 0 Å². The maximum absolute atomic E-state index is 2.33. The van der Waals surface area contributed by atoms with Crippen LogP contribution in [0.15, 0.2) is 35.5 Å². The van der Waals surface area contributed by atoms with Crippen LogP contribution in [0.4, 0.5) is 0 Å². The van der Waals surface area contributed by atoms with Crippen LogP contribution >= 0.6 is 0 Å². The highest BCUT2D eigenvalue weighted by Gasteiger charge is 2.14. The van der Waals surface area contributed by atoms with Crippen LogP contribution in [0, 0.1) is 5.41 Å². The average Bonchev–Trinajstić information content (AvgIpc) is 2.11. The smallest absolute Gasteiger partial charge is 0.0132 e. The summed E-state index contributed by atoms with van der Waals surface area (Å²) >= 11 is 0. The van der Waals surface area contributed by atoms with Crippen LogP contribution in [0.1, 0.15) is 34.1 Å². The van der Waals surface area contributed by atoms with E-state index in [9.17, 15) is 0 Å². The number of rotatable bonds is 0. The van der Waals surface area contributed by atoms with Crippen molar-refractivity contribution in [3.05, 3.63) is 35.5 Å². The van der Waals surface area contributed by atoms with E-state index < -0.39 is 0 Å². The monoisotopic (exact) mass is 162 g/mol. The summed E-state index contributed by atoms with van der Waals surface area (Å²) in [6.45, 7) is 8.93. The Labute approximate surface area is 75.7 Å². The molecule has 0 aliphatic heterocycles. The van der Waals surface area contributed by atoms with Gasteiger partial charge in [0.25, 0.3) is 0 Å². The standard InChI is InChI=1S/C12H18/c1-10-6-5-7-11(9-8-10)12(2,3)4/h5-7,9H,8H2,1-4H3. The second-order valence-corrected chi connectivity index (χ2v) is 4.49. The van der Waals surface area contributed by atoms with E-state index in [0.29, 0.717) is 0 Å². The van der Waals surface area contributed by atoms with E-state index >= 15 is 0 Å². The van der Waals surface area contributed by atoms with Gasteiger partial charge in [-0.05, 0) is 24.3 Å². The highest BCUT2D eigenvalue weighted by Crippen LogP contribution is 2.28. The van der Waals surface area contributed by atoms with Crippen LogP contribution in [0.3, 0.4) is 0 Å². The molecule has 1 rings (SSSR count). The summed E-state index contributed by atoms with van der Waals surface area (Å²) in [7, 11) is 0. The lowest BCUT2D eigenvalue weighted by atomic mass is 9.86.